The summed E-state index contributed by atoms with van der Waals surface area (Å²) in [6.07, 6.45) is 2.14. The van der Waals surface area contributed by atoms with Gasteiger partial charge in [-0.1, -0.05) is 23.4 Å². The summed E-state index contributed by atoms with van der Waals surface area (Å²) in [6.45, 7) is 2.19. The van der Waals surface area contributed by atoms with Gasteiger partial charge in [-0.3, -0.25) is 4.79 Å². The highest BCUT2D eigenvalue weighted by molar-refractivity contribution is 5.76. The summed E-state index contributed by atoms with van der Waals surface area (Å²) in [4.78, 5) is 12.7. The average molecular weight is 438 g/mol. The number of nitrogens with zero attached hydrogens (tertiary/aromatic N) is 1. The fraction of sp³-hybridized carbons (Fsp3) is 0.360. The maximum absolute atomic E-state index is 13.2. The molecule has 32 heavy (non-hydrogen) atoms. The third-order valence-corrected chi connectivity index (χ3v) is 6.04. The molecule has 0 unspecified atom stereocenters. The molecule has 1 aliphatic heterocycles. The zero-order valence-electron chi connectivity index (χ0n) is 18.1. The first-order valence-corrected chi connectivity index (χ1v) is 10.9. The Kier molecular flexibility index (Phi) is 7.17. The number of halogens is 1. The second kappa shape index (κ2) is 10.4. The first kappa shape index (κ1) is 22.0. The SMILES string of the molecule is COc1ccccc1CNC(=O)C[C@@H]1CCNC[C@@H]1Cc1cc(-c2ccc(F)cc2)on1. The number of hydrogen-bond donors (Lipinski definition) is 2. The maximum atomic E-state index is 13.2. The predicted octanol–water partition coefficient (Wildman–Crippen LogP) is 3.96. The van der Waals surface area contributed by atoms with Crippen LogP contribution in [0.5, 0.6) is 5.75 Å². The van der Waals surface area contributed by atoms with Crippen molar-refractivity contribution in [2.45, 2.75) is 25.8 Å². The Balaban J connectivity index is 1.34. The summed E-state index contributed by atoms with van der Waals surface area (Å²) < 4.78 is 24.0. The Bertz CT molecular complexity index is 1030. The topological polar surface area (TPSA) is 76.4 Å². The van der Waals surface area contributed by atoms with Crippen LogP contribution in [0, 0.1) is 17.7 Å². The van der Waals surface area contributed by atoms with Gasteiger partial charge in [0, 0.05) is 30.2 Å². The van der Waals surface area contributed by atoms with E-state index < -0.39 is 0 Å². The van der Waals surface area contributed by atoms with E-state index in [0.717, 1.165) is 48.5 Å². The standard InChI is InChI=1S/C25H28FN3O3/c1-31-23-5-3-2-4-19(23)16-28-25(30)13-18-10-11-27-15-20(18)12-22-14-24(32-29-22)17-6-8-21(26)9-7-17/h2-9,14,18,20,27H,10-13,15-16H2,1H3,(H,28,30)/t18-,20-/m0/s1. The number of nitrogens with one attached hydrogen (secondary N) is 2. The van der Waals surface area contributed by atoms with Crippen molar-refractivity contribution in [3.63, 3.8) is 0 Å². The molecule has 0 aliphatic carbocycles. The molecule has 168 valence electrons. The Hall–Kier alpha value is -3.19. The van der Waals surface area contributed by atoms with E-state index >= 15 is 0 Å². The third kappa shape index (κ3) is 5.53. The molecule has 6 nitrogen and oxygen atoms in total. The Labute approximate surface area is 187 Å². The minimum Gasteiger partial charge on any atom is -0.496 e. The Morgan fingerprint density at radius 3 is 2.84 bits per heavy atom. The van der Waals surface area contributed by atoms with E-state index in [9.17, 15) is 9.18 Å². The van der Waals surface area contributed by atoms with Crippen LogP contribution in [-0.4, -0.2) is 31.3 Å². The predicted molar refractivity (Wildman–Crippen MR) is 120 cm³/mol. The van der Waals surface area contributed by atoms with E-state index in [0.29, 0.717) is 18.7 Å². The fourth-order valence-corrected chi connectivity index (χ4v) is 4.26. The molecule has 1 aromatic heterocycles. The van der Waals surface area contributed by atoms with Crippen LogP contribution in [0.25, 0.3) is 11.3 Å². The Morgan fingerprint density at radius 1 is 1.22 bits per heavy atom. The number of aromatic nitrogens is 1. The number of methoxy groups -OCH3 is 1. The lowest BCUT2D eigenvalue weighted by atomic mass is 9.81. The number of rotatable bonds is 8. The number of carbonyl (C=O) groups excluding carboxylic acids is 1. The molecule has 2 aromatic carbocycles. The van der Waals surface area contributed by atoms with Gasteiger partial charge in [0.25, 0.3) is 0 Å². The van der Waals surface area contributed by atoms with Crippen molar-refractivity contribution in [2.75, 3.05) is 20.2 Å². The normalized spacial score (nSPS) is 18.3. The summed E-state index contributed by atoms with van der Waals surface area (Å²) in [7, 11) is 1.63. The maximum Gasteiger partial charge on any atom is 0.220 e. The van der Waals surface area contributed by atoms with Gasteiger partial charge in [0.05, 0.1) is 12.8 Å². The third-order valence-electron chi connectivity index (χ3n) is 6.04. The van der Waals surface area contributed by atoms with Crippen LogP contribution in [0.15, 0.2) is 59.1 Å². The minimum atomic E-state index is -0.284. The van der Waals surface area contributed by atoms with Crippen LogP contribution >= 0.6 is 0 Å². The lowest BCUT2D eigenvalue weighted by Crippen LogP contribution is -2.40. The van der Waals surface area contributed by atoms with Crippen molar-refractivity contribution in [3.8, 4) is 17.1 Å². The molecule has 2 atom stereocenters. The van der Waals surface area contributed by atoms with Crippen molar-refractivity contribution < 1.29 is 18.4 Å². The molecule has 0 spiro atoms. The van der Waals surface area contributed by atoms with E-state index in [4.69, 9.17) is 9.26 Å². The summed E-state index contributed by atoms with van der Waals surface area (Å²) in [5.74, 6) is 1.70. The number of hydrogen-bond acceptors (Lipinski definition) is 5. The van der Waals surface area contributed by atoms with E-state index in [1.165, 1.54) is 12.1 Å². The highest BCUT2D eigenvalue weighted by Crippen LogP contribution is 2.28. The monoisotopic (exact) mass is 437 g/mol. The van der Waals surface area contributed by atoms with Gasteiger partial charge in [-0.2, -0.15) is 0 Å². The lowest BCUT2D eigenvalue weighted by molar-refractivity contribution is -0.122. The summed E-state index contributed by atoms with van der Waals surface area (Å²) >= 11 is 0. The van der Waals surface area contributed by atoms with Crippen LogP contribution in [0.3, 0.4) is 0 Å². The average Bonchev–Trinajstić information content (AvgIpc) is 3.28. The molecule has 4 rings (SSSR count). The fourth-order valence-electron chi connectivity index (χ4n) is 4.26. The number of carbonyl (C=O) groups is 1. The van der Waals surface area contributed by atoms with E-state index in [2.05, 4.69) is 15.8 Å². The molecule has 0 saturated carbocycles. The molecule has 2 N–H and O–H groups in total. The Morgan fingerprint density at radius 2 is 2.03 bits per heavy atom. The zero-order chi connectivity index (χ0) is 22.3. The molecule has 0 radical (unpaired) electrons. The molecule has 7 heteroatoms. The molecule has 1 fully saturated rings. The molecule has 2 heterocycles. The molecule has 1 saturated heterocycles. The van der Waals surface area contributed by atoms with Crippen molar-refractivity contribution in [3.05, 3.63) is 71.7 Å². The largest absolute Gasteiger partial charge is 0.496 e. The highest BCUT2D eigenvalue weighted by Gasteiger charge is 2.28. The number of amides is 1. The molecular formula is C25H28FN3O3. The zero-order valence-corrected chi connectivity index (χ0v) is 18.1. The van der Waals surface area contributed by atoms with E-state index in [-0.39, 0.29) is 23.6 Å². The van der Waals surface area contributed by atoms with E-state index in [1.54, 1.807) is 19.2 Å². The number of benzene rings is 2. The molecule has 0 bridgehead atoms. The van der Waals surface area contributed by atoms with Crippen molar-refractivity contribution in [1.29, 1.82) is 0 Å². The second-order valence-corrected chi connectivity index (χ2v) is 8.20. The quantitative estimate of drug-likeness (QED) is 0.558. The first-order chi connectivity index (χ1) is 15.6. The summed E-state index contributed by atoms with van der Waals surface area (Å²) in [5, 5.41) is 10.7. The smallest absolute Gasteiger partial charge is 0.220 e. The van der Waals surface area contributed by atoms with Crippen LogP contribution < -0.4 is 15.4 Å². The number of para-hydroxylation sites is 1. The van der Waals surface area contributed by atoms with Gasteiger partial charge in [0.1, 0.15) is 11.6 Å². The van der Waals surface area contributed by atoms with Crippen molar-refractivity contribution in [2.24, 2.45) is 11.8 Å². The van der Waals surface area contributed by atoms with Crippen molar-refractivity contribution in [1.82, 2.24) is 15.8 Å². The molecule has 3 aromatic rings. The first-order valence-electron chi connectivity index (χ1n) is 10.9. The van der Waals surface area contributed by atoms with Gasteiger partial charge in [0.15, 0.2) is 5.76 Å². The van der Waals surface area contributed by atoms with Crippen LogP contribution in [0.2, 0.25) is 0 Å². The highest BCUT2D eigenvalue weighted by atomic mass is 19.1. The van der Waals surface area contributed by atoms with Crippen molar-refractivity contribution >= 4 is 5.91 Å². The molecule has 1 amide bonds. The van der Waals surface area contributed by atoms with Gasteiger partial charge >= 0.3 is 0 Å². The number of piperidine rings is 1. The van der Waals surface area contributed by atoms with Gasteiger partial charge in [-0.25, -0.2) is 4.39 Å². The van der Waals surface area contributed by atoms with Gasteiger partial charge in [0.2, 0.25) is 5.91 Å². The van der Waals surface area contributed by atoms with Crippen LogP contribution in [0.1, 0.15) is 24.1 Å². The summed E-state index contributed by atoms with van der Waals surface area (Å²) in [6, 6.07) is 15.8. The second-order valence-electron chi connectivity index (χ2n) is 8.20. The summed E-state index contributed by atoms with van der Waals surface area (Å²) in [5.41, 5.74) is 2.60. The lowest BCUT2D eigenvalue weighted by Gasteiger charge is -2.31. The minimum absolute atomic E-state index is 0.0416. The molecular weight excluding hydrogens is 409 g/mol. The number of ether oxygens (including phenoxy) is 1. The van der Waals surface area contributed by atoms with E-state index in [1.807, 2.05) is 30.3 Å². The van der Waals surface area contributed by atoms with Crippen LogP contribution in [0.4, 0.5) is 4.39 Å². The van der Waals surface area contributed by atoms with Crippen LogP contribution in [-0.2, 0) is 17.8 Å². The molecule has 1 aliphatic rings. The van der Waals surface area contributed by atoms with Gasteiger partial charge < -0.3 is 19.9 Å². The van der Waals surface area contributed by atoms with Gasteiger partial charge in [-0.15, -0.1) is 0 Å². The van der Waals surface area contributed by atoms with Gasteiger partial charge in [-0.05, 0) is 68.1 Å².